The van der Waals surface area contributed by atoms with E-state index in [0.717, 1.165) is 12.1 Å². The Labute approximate surface area is 162 Å². The Hall–Kier alpha value is -3.79. The van der Waals surface area contributed by atoms with Crippen molar-refractivity contribution in [3.8, 4) is 11.5 Å². The van der Waals surface area contributed by atoms with Crippen LogP contribution in [0, 0.1) is 20.2 Å². The summed E-state index contributed by atoms with van der Waals surface area (Å²) >= 11 is 5.84. The second-order valence-corrected chi connectivity index (χ2v) is 6.04. The lowest BCUT2D eigenvalue weighted by Crippen LogP contribution is -2.09. The van der Waals surface area contributed by atoms with Crippen molar-refractivity contribution in [3.05, 3.63) is 85.4 Å². The minimum Gasteiger partial charge on any atom is -0.443 e. The summed E-state index contributed by atoms with van der Waals surface area (Å²) in [6, 6.07) is 7.14. The number of aromatic nitrogens is 2. The first kappa shape index (κ1) is 19.0. The average molecular weight is 403 g/mol. The van der Waals surface area contributed by atoms with E-state index in [-0.39, 0.29) is 27.9 Å². The number of ketones is 1. The summed E-state index contributed by atoms with van der Waals surface area (Å²) in [5, 5.41) is 22.8. The first-order valence-electron chi connectivity index (χ1n) is 7.70. The third-order valence-electron chi connectivity index (χ3n) is 3.78. The molecular weight excluding hydrogens is 392 g/mol. The number of aryl methyl sites for hydroxylation is 1. The van der Waals surface area contributed by atoms with E-state index in [1.807, 2.05) is 0 Å². The van der Waals surface area contributed by atoms with Crippen molar-refractivity contribution in [2.75, 3.05) is 0 Å². The molecule has 0 N–H and O–H groups in total. The summed E-state index contributed by atoms with van der Waals surface area (Å²) in [6.45, 7) is 0. The molecule has 3 aromatic rings. The Morgan fingerprint density at radius 2 is 1.79 bits per heavy atom. The Kier molecular flexibility index (Phi) is 5.05. The molecule has 0 bridgehead atoms. The number of rotatable bonds is 6. The molecule has 0 aliphatic rings. The lowest BCUT2D eigenvalue weighted by atomic mass is 10.1. The lowest BCUT2D eigenvalue weighted by molar-refractivity contribution is -0.387. The molecule has 10 nitrogen and oxygen atoms in total. The van der Waals surface area contributed by atoms with Crippen LogP contribution in [0.25, 0.3) is 0 Å². The quantitative estimate of drug-likeness (QED) is 0.347. The Balaban J connectivity index is 2.03. The molecule has 0 fully saturated rings. The van der Waals surface area contributed by atoms with Crippen LogP contribution in [0.1, 0.15) is 16.2 Å². The van der Waals surface area contributed by atoms with Gasteiger partial charge in [-0.25, -0.2) is 4.98 Å². The number of hydrogen-bond acceptors (Lipinski definition) is 7. The molecule has 1 heterocycles. The normalized spacial score (nSPS) is 10.5. The number of imidazole rings is 1. The molecule has 1 aromatic heterocycles. The van der Waals surface area contributed by atoms with Gasteiger partial charge < -0.3 is 9.30 Å². The van der Waals surface area contributed by atoms with Gasteiger partial charge in [0.1, 0.15) is 0 Å². The van der Waals surface area contributed by atoms with E-state index in [9.17, 15) is 25.0 Å². The Bertz CT molecular complexity index is 1110. The molecule has 2 aromatic carbocycles. The minimum absolute atomic E-state index is 0.0222. The predicted octanol–water partition coefficient (Wildman–Crippen LogP) is 3.91. The Morgan fingerprint density at radius 3 is 2.39 bits per heavy atom. The fraction of sp³-hybridized carbons (Fsp3) is 0.0588. The number of carbonyl (C=O) groups is 1. The van der Waals surface area contributed by atoms with Crippen LogP contribution in [0.4, 0.5) is 11.4 Å². The summed E-state index contributed by atoms with van der Waals surface area (Å²) in [5.41, 5.74) is -0.921. The van der Waals surface area contributed by atoms with Gasteiger partial charge in [0.25, 0.3) is 0 Å². The zero-order chi connectivity index (χ0) is 20.4. The fourth-order valence-electron chi connectivity index (χ4n) is 2.44. The van der Waals surface area contributed by atoms with Gasteiger partial charge in [0.2, 0.25) is 17.3 Å². The largest absolute Gasteiger partial charge is 0.443 e. The summed E-state index contributed by atoms with van der Waals surface area (Å²) < 4.78 is 6.87. The van der Waals surface area contributed by atoms with Gasteiger partial charge in [-0.2, -0.15) is 0 Å². The number of nitrogens with zero attached hydrogens (tertiary/aromatic N) is 4. The van der Waals surface area contributed by atoms with Gasteiger partial charge >= 0.3 is 11.4 Å². The van der Waals surface area contributed by atoms with Crippen molar-refractivity contribution < 1.29 is 19.4 Å². The van der Waals surface area contributed by atoms with Crippen LogP contribution in [0.3, 0.4) is 0 Å². The monoisotopic (exact) mass is 402 g/mol. The van der Waals surface area contributed by atoms with E-state index < -0.39 is 27.0 Å². The first-order chi connectivity index (χ1) is 13.3. The van der Waals surface area contributed by atoms with Gasteiger partial charge in [-0.1, -0.05) is 11.6 Å². The van der Waals surface area contributed by atoms with Gasteiger partial charge in [0.15, 0.2) is 5.82 Å². The van der Waals surface area contributed by atoms with Gasteiger partial charge in [-0.3, -0.25) is 25.0 Å². The number of hydrogen-bond donors (Lipinski definition) is 0. The highest BCUT2D eigenvalue weighted by molar-refractivity contribution is 6.30. The smallest absolute Gasteiger partial charge is 0.312 e. The minimum atomic E-state index is -0.749. The van der Waals surface area contributed by atoms with E-state index in [0.29, 0.717) is 0 Å². The van der Waals surface area contributed by atoms with E-state index in [4.69, 9.17) is 16.3 Å². The molecule has 0 amide bonds. The van der Waals surface area contributed by atoms with E-state index >= 15 is 0 Å². The van der Waals surface area contributed by atoms with Gasteiger partial charge in [0.05, 0.1) is 9.85 Å². The first-order valence-corrected chi connectivity index (χ1v) is 8.08. The summed E-state index contributed by atoms with van der Waals surface area (Å²) in [5.74, 6) is -0.945. The summed E-state index contributed by atoms with van der Waals surface area (Å²) in [6.07, 6.45) is 2.99. The second kappa shape index (κ2) is 7.45. The number of benzene rings is 2. The van der Waals surface area contributed by atoms with Gasteiger partial charge in [-0.05, 0) is 18.2 Å². The molecule has 0 saturated heterocycles. The number of halogens is 1. The SMILES string of the molecule is Cn1ccnc1C(=O)c1ccc(Oc2cc(Cl)ccc2[N+](=O)[O-])c([N+](=O)[O-])c1. The molecule has 28 heavy (non-hydrogen) atoms. The molecule has 3 rings (SSSR count). The van der Waals surface area contributed by atoms with Crippen molar-refractivity contribution in [1.82, 2.24) is 9.55 Å². The van der Waals surface area contributed by atoms with Gasteiger partial charge in [0, 0.05) is 48.2 Å². The maximum atomic E-state index is 12.5. The zero-order valence-electron chi connectivity index (χ0n) is 14.2. The zero-order valence-corrected chi connectivity index (χ0v) is 15.0. The molecule has 142 valence electrons. The molecule has 0 spiro atoms. The summed E-state index contributed by atoms with van der Waals surface area (Å²) in [4.78, 5) is 37.6. The molecule has 0 aliphatic carbocycles. The fourth-order valence-corrected chi connectivity index (χ4v) is 2.60. The molecule has 0 unspecified atom stereocenters. The van der Waals surface area contributed by atoms with Crippen LogP contribution in [-0.2, 0) is 7.05 Å². The molecule has 0 saturated carbocycles. The van der Waals surface area contributed by atoms with Crippen LogP contribution in [0.2, 0.25) is 5.02 Å². The van der Waals surface area contributed by atoms with E-state index in [2.05, 4.69) is 4.98 Å². The number of nitro benzene ring substituents is 2. The molecule has 0 radical (unpaired) electrons. The third-order valence-corrected chi connectivity index (χ3v) is 4.02. The van der Waals surface area contributed by atoms with Crippen LogP contribution in [0.5, 0.6) is 11.5 Å². The van der Waals surface area contributed by atoms with Crippen molar-refractivity contribution in [1.29, 1.82) is 0 Å². The highest BCUT2D eigenvalue weighted by atomic mass is 35.5. The maximum absolute atomic E-state index is 12.5. The standard InChI is InChI=1S/C17H11ClN4O6/c1-20-7-6-19-17(20)16(23)10-2-5-14(13(8-10)22(26)27)28-15-9-11(18)3-4-12(15)21(24)25/h2-9H,1H3. The van der Waals surface area contributed by atoms with Crippen LogP contribution in [-0.4, -0.2) is 25.2 Å². The van der Waals surface area contributed by atoms with E-state index in [1.54, 1.807) is 13.2 Å². The second-order valence-electron chi connectivity index (χ2n) is 5.60. The average Bonchev–Trinajstić information content (AvgIpc) is 3.07. The number of ether oxygens (including phenoxy) is 1. The van der Waals surface area contributed by atoms with E-state index in [1.165, 1.54) is 35.0 Å². The number of carbonyl (C=O) groups excluding carboxylic acids is 1. The van der Waals surface area contributed by atoms with Crippen molar-refractivity contribution in [2.45, 2.75) is 0 Å². The van der Waals surface area contributed by atoms with Crippen LogP contribution in [0.15, 0.2) is 48.8 Å². The molecule has 0 atom stereocenters. The Morgan fingerprint density at radius 1 is 1.07 bits per heavy atom. The molecule has 11 heteroatoms. The van der Waals surface area contributed by atoms with Crippen molar-refractivity contribution >= 4 is 28.8 Å². The van der Waals surface area contributed by atoms with Crippen molar-refractivity contribution in [3.63, 3.8) is 0 Å². The predicted molar refractivity (Wildman–Crippen MR) is 97.9 cm³/mol. The summed E-state index contributed by atoms with van der Waals surface area (Å²) in [7, 11) is 1.62. The van der Waals surface area contributed by atoms with Crippen LogP contribution < -0.4 is 4.74 Å². The lowest BCUT2D eigenvalue weighted by Gasteiger charge is -2.08. The highest BCUT2D eigenvalue weighted by Crippen LogP contribution is 2.38. The van der Waals surface area contributed by atoms with Gasteiger partial charge in [-0.15, -0.1) is 0 Å². The topological polar surface area (TPSA) is 130 Å². The molecule has 0 aliphatic heterocycles. The highest BCUT2D eigenvalue weighted by Gasteiger charge is 2.24. The van der Waals surface area contributed by atoms with Crippen LogP contribution >= 0.6 is 11.6 Å². The maximum Gasteiger partial charge on any atom is 0.312 e. The van der Waals surface area contributed by atoms with Crippen molar-refractivity contribution in [2.24, 2.45) is 7.05 Å². The third kappa shape index (κ3) is 3.67. The molecular formula is C17H11ClN4O6. The number of nitro groups is 2.